The molecule has 7 heteroatoms. The summed E-state index contributed by atoms with van der Waals surface area (Å²) < 4.78 is 25.3. The van der Waals surface area contributed by atoms with E-state index in [1.807, 2.05) is 24.3 Å². The molecule has 1 fully saturated rings. The zero-order valence-corrected chi connectivity index (χ0v) is 16.5. The Labute approximate surface area is 167 Å². The Morgan fingerprint density at radius 2 is 1.85 bits per heavy atom. The monoisotopic (exact) mass is 405 g/mol. The third kappa shape index (κ3) is 4.86. The highest BCUT2D eigenvalue weighted by atomic mass is 32.2. The molecular weight excluding hydrogens is 385 g/mol. The largest absolute Gasteiger partial charge is 0.489 e. The van der Waals surface area contributed by atoms with E-state index in [9.17, 15) is 9.18 Å². The Hall–Kier alpha value is -1.96. The van der Waals surface area contributed by atoms with Crippen molar-refractivity contribution in [2.24, 2.45) is 0 Å². The van der Waals surface area contributed by atoms with Gasteiger partial charge in [0.15, 0.2) is 0 Å². The number of para-hydroxylation sites is 1. The van der Waals surface area contributed by atoms with Crippen molar-refractivity contribution in [2.75, 3.05) is 20.3 Å². The lowest BCUT2D eigenvalue weighted by molar-refractivity contribution is -0.126. The van der Waals surface area contributed by atoms with Crippen molar-refractivity contribution in [1.29, 1.82) is 0 Å². The minimum absolute atomic E-state index is 0.00837. The Kier molecular flexibility index (Phi) is 6.82. The zero-order valence-electron chi connectivity index (χ0n) is 14.9. The van der Waals surface area contributed by atoms with Crippen LogP contribution in [0.25, 0.3) is 0 Å². The van der Waals surface area contributed by atoms with Crippen molar-refractivity contribution >= 4 is 34.2 Å². The summed E-state index contributed by atoms with van der Waals surface area (Å²) in [4.78, 5) is 14.2. The van der Waals surface area contributed by atoms with Gasteiger partial charge in [0.05, 0.1) is 18.4 Å². The minimum Gasteiger partial charge on any atom is -0.489 e. The number of amides is 1. The molecule has 0 spiro atoms. The first kappa shape index (κ1) is 19.8. The van der Waals surface area contributed by atoms with E-state index in [4.69, 9.17) is 21.7 Å². The normalized spacial score (nSPS) is 16.8. The highest BCUT2D eigenvalue weighted by Crippen LogP contribution is 2.32. The average molecular weight is 406 g/mol. The number of methoxy groups -OCH3 is 1. The molecule has 1 amide bonds. The van der Waals surface area contributed by atoms with Crippen LogP contribution in [-0.4, -0.2) is 40.6 Å². The summed E-state index contributed by atoms with van der Waals surface area (Å²) in [6.07, 6.45) is 0.501. The van der Waals surface area contributed by atoms with Crippen LogP contribution in [0.5, 0.6) is 5.75 Å². The number of benzene rings is 2. The molecule has 1 aliphatic heterocycles. The summed E-state index contributed by atoms with van der Waals surface area (Å²) in [7, 11) is 1.59. The summed E-state index contributed by atoms with van der Waals surface area (Å²) in [5, 5.41) is -0.285. The molecule has 0 aliphatic carbocycles. The van der Waals surface area contributed by atoms with Crippen LogP contribution in [0.15, 0.2) is 48.5 Å². The molecule has 0 saturated carbocycles. The van der Waals surface area contributed by atoms with Gasteiger partial charge in [0.2, 0.25) is 5.91 Å². The molecular formula is C20H20FNO3S2. The van der Waals surface area contributed by atoms with Crippen LogP contribution in [0.3, 0.4) is 0 Å². The summed E-state index contributed by atoms with van der Waals surface area (Å²) in [6, 6.07) is 14.0. The first-order valence-corrected chi connectivity index (χ1v) is 9.84. The lowest BCUT2D eigenvalue weighted by atomic mass is 10.1. The molecule has 0 aromatic heterocycles. The molecule has 2 aromatic rings. The Bertz CT molecular complexity index is 830. The maximum Gasteiger partial charge on any atom is 0.242 e. The number of hydrogen-bond acceptors (Lipinski definition) is 5. The molecule has 1 atom stereocenters. The second-order valence-electron chi connectivity index (χ2n) is 6.05. The van der Waals surface area contributed by atoms with E-state index < -0.39 is 0 Å². The van der Waals surface area contributed by atoms with E-state index in [0.29, 0.717) is 35.2 Å². The van der Waals surface area contributed by atoms with Crippen molar-refractivity contribution in [3.05, 3.63) is 65.5 Å². The standard InChI is InChI=1S/C20H20FNO3S2/c1-24-11-10-22-19(23)18(27-20(22)26)12-14-6-3-5-9-17(14)25-13-15-7-2-4-8-16(15)21/h2-9,18H,10-13H2,1H3/t18-/m1/s1. The number of halogens is 1. The Morgan fingerprint density at radius 3 is 2.59 bits per heavy atom. The van der Waals surface area contributed by atoms with E-state index in [0.717, 1.165) is 5.56 Å². The molecule has 3 rings (SSSR count). The predicted octanol–water partition coefficient (Wildman–Crippen LogP) is 3.82. The fraction of sp³-hybridized carbons (Fsp3) is 0.300. The van der Waals surface area contributed by atoms with Crippen LogP contribution in [0.1, 0.15) is 11.1 Å². The van der Waals surface area contributed by atoms with Crippen molar-refractivity contribution < 1.29 is 18.7 Å². The topological polar surface area (TPSA) is 38.8 Å². The van der Waals surface area contributed by atoms with Crippen LogP contribution >= 0.6 is 24.0 Å². The zero-order chi connectivity index (χ0) is 19.2. The smallest absolute Gasteiger partial charge is 0.242 e. The Balaban J connectivity index is 1.68. The number of carbonyl (C=O) groups excluding carboxylic acids is 1. The fourth-order valence-corrected chi connectivity index (χ4v) is 4.37. The molecule has 0 N–H and O–H groups in total. The maximum atomic E-state index is 13.8. The van der Waals surface area contributed by atoms with Gasteiger partial charge in [-0.05, 0) is 24.1 Å². The van der Waals surface area contributed by atoms with Crippen LogP contribution in [-0.2, 0) is 22.6 Å². The maximum absolute atomic E-state index is 13.8. The Morgan fingerprint density at radius 1 is 1.15 bits per heavy atom. The van der Waals surface area contributed by atoms with Gasteiger partial charge in [-0.25, -0.2) is 4.39 Å². The highest BCUT2D eigenvalue weighted by molar-refractivity contribution is 8.24. The number of nitrogens with zero attached hydrogens (tertiary/aromatic N) is 1. The van der Waals surface area contributed by atoms with Gasteiger partial charge in [0, 0.05) is 12.7 Å². The summed E-state index contributed by atoms with van der Waals surface area (Å²) >= 11 is 6.72. The third-order valence-corrected chi connectivity index (χ3v) is 5.83. The van der Waals surface area contributed by atoms with Crippen LogP contribution < -0.4 is 4.74 Å². The molecule has 27 heavy (non-hydrogen) atoms. The van der Waals surface area contributed by atoms with E-state index in [-0.39, 0.29) is 23.6 Å². The predicted molar refractivity (Wildman–Crippen MR) is 108 cm³/mol. The van der Waals surface area contributed by atoms with Gasteiger partial charge < -0.3 is 9.47 Å². The molecule has 0 bridgehead atoms. The first-order valence-electron chi connectivity index (χ1n) is 8.55. The summed E-state index contributed by atoms with van der Waals surface area (Å²) in [5.74, 6) is 0.344. The molecule has 2 aromatic carbocycles. The van der Waals surface area contributed by atoms with Crippen LogP contribution in [0.2, 0.25) is 0 Å². The summed E-state index contributed by atoms with van der Waals surface area (Å²) in [6.45, 7) is 1.04. The highest BCUT2D eigenvalue weighted by Gasteiger charge is 2.36. The molecule has 142 valence electrons. The van der Waals surface area contributed by atoms with Gasteiger partial charge >= 0.3 is 0 Å². The number of thioether (sulfide) groups is 1. The van der Waals surface area contributed by atoms with Crippen LogP contribution in [0.4, 0.5) is 4.39 Å². The van der Waals surface area contributed by atoms with E-state index >= 15 is 0 Å². The lowest BCUT2D eigenvalue weighted by Gasteiger charge is -2.16. The second kappa shape index (κ2) is 9.30. The van der Waals surface area contributed by atoms with Crippen molar-refractivity contribution in [2.45, 2.75) is 18.3 Å². The molecule has 0 radical (unpaired) electrons. The van der Waals surface area contributed by atoms with E-state index in [1.165, 1.54) is 17.8 Å². The second-order valence-corrected chi connectivity index (χ2v) is 7.88. The number of rotatable bonds is 8. The van der Waals surface area contributed by atoms with Crippen molar-refractivity contribution in [3.8, 4) is 5.75 Å². The minimum atomic E-state index is -0.296. The van der Waals surface area contributed by atoms with Gasteiger partial charge in [-0.15, -0.1) is 0 Å². The fourth-order valence-electron chi connectivity index (χ4n) is 2.80. The van der Waals surface area contributed by atoms with E-state index in [1.54, 1.807) is 30.2 Å². The molecule has 1 aliphatic rings. The SMILES string of the molecule is COCCN1C(=O)[C@@H](Cc2ccccc2OCc2ccccc2F)SC1=S. The molecule has 0 unspecified atom stereocenters. The van der Waals surface area contributed by atoms with Gasteiger partial charge in [-0.1, -0.05) is 60.4 Å². The number of thiocarbonyl (C=S) groups is 1. The summed E-state index contributed by atoms with van der Waals surface area (Å²) in [5.41, 5.74) is 1.39. The molecule has 1 saturated heterocycles. The molecule has 4 nitrogen and oxygen atoms in total. The van der Waals surface area contributed by atoms with Crippen molar-refractivity contribution in [3.63, 3.8) is 0 Å². The molecule has 1 heterocycles. The quantitative estimate of drug-likeness (QED) is 0.625. The van der Waals surface area contributed by atoms with Gasteiger partial charge in [0.1, 0.15) is 22.5 Å². The van der Waals surface area contributed by atoms with E-state index in [2.05, 4.69) is 0 Å². The third-order valence-electron chi connectivity index (χ3n) is 4.24. The number of carbonyl (C=O) groups is 1. The lowest BCUT2D eigenvalue weighted by Crippen LogP contribution is -2.34. The van der Waals surface area contributed by atoms with Gasteiger partial charge in [0.25, 0.3) is 0 Å². The van der Waals surface area contributed by atoms with Crippen molar-refractivity contribution in [1.82, 2.24) is 4.90 Å². The van der Waals surface area contributed by atoms with Gasteiger partial charge in [-0.2, -0.15) is 0 Å². The number of hydrogen-bond donors (Lipinski definition) is 0. The number of ether oxygens (including phenoxy) is 2. The van der Waals surface area contributed by atoms with Crippen LogP contribution in [0, 0.1) is 5.82 Å². The first-order chi connectivity index (χ1) is 13.1. The van der Waals surface area contributed by atoms with Gasteiger partial charge in [-0.3, -0.25) is 9.69 Å². The average Bonchev–Trinajstić information content (AvgIpc) is 2.93.